The van der Waals surface area contributed by atoms with E-state index in [0.717, 1.165) is 24.6 Å². The number of anilines is 1. The van der Waals surface area contributed by atoms with Crippen molar-refractivity contribution in [1.29, 1.82) is 0 Å². The van der Waals surface area contributed by atoms with Gasteiger partial charge in [0, 0.05) is 24.3 Å². The predicted molar refractivity (Wildman–Crippen MR) is 82.3 cm³/mol. The second-order valence-corrected chi connectivity index (χ2v) is 5.69. The first-order valence-corrected chi connectivity index (χ1v) is 7.18. The van der Waals surface area contributed by atoms with E-state index in [1.807, 2.05) is 0 Å². The minimum atomic E-state index is 0.507. The third-order valence-electron chi connectivity index (χ3n) is 3.85. The molecule has 0 saturated carbocycles. The Kier molecular flexibility index (Phi) is 4.23. The van der Waals surface area contributed by atoms with Gasteiger partial charge in [0.05, 0.1) is 0 Å². The Morgan fingerprint density at radius 1 is 1.50 bits per heavy atom. The molecular formula is C15H22N2S. The van der Waals surface area contributed by atoms with E-state index < -0.39 is 0 Å². The van der Waals surface area contributed by atoms with Gasteiger partial charge >= 0.3 is 0 Å². The molecule has 3 heteroatoms. The molecule has 18 heavy (non-hydrogen) atoms. The van der Waals surface area contributed by atoms with E-state index in [1.54, 1.807) is 0 Å². The van der Waals surface area contributed by atoms with E-state index >= 15 is 0 Å². The maximum absolute atomic E-state index is 5.86. The van der Waals surface area contributed by atoms with E-state index in [1.165, 1.54) is 30.5 Å². The van der Waals surface area contributed by atoms with Gasteiger partial charge < -0.3 is 10.6 Å². The Bertz CT molecular complexity index is 442. The van der Waals surface area contributed by atoms with E-state index in [2.05, 4.69) is 36.9 Å². The zero-order chi connectivity index (χ0) is 13.1. The molecule has 2 nitrogen and oxygen atoms in total. The highest BCUT2D eigenvalue weighted by atomic mass is 32.1. The molecule has 0 radical (unpaired) electrons. The van der Waals surface area contributed by atoms with Crippen LogP contribution in [0.4, 0.5) is 5.69 Å². The van der Waals surface area contributed by atoms with Crippen LogP contribution in [-0.2, 0) is 0 Å². The van der Waals surface area contributed by atoms with Crippen LogP contribution in [0.3, 0.4) is 0 Å². The number of rotatable bonds is 3. The minimum absolute atomic E-state index is 0.507. The molecule has 2 N–H and O–H groups in total. The third-order valence-corrected chi connectivity index (χ3v) is 4.07. The molecule has 0 amide bonds. The lowest BCUT2D eigenvalue weighted by Crippen LogP contribution is -2.36. The molecule has 1 fully saturated rings. The van der Waals surface area contributed by atoms with Crippen LogP contribution in [0.15, 0.2) is 18.2 Å². The highest BCUT2D eigenvalue weighted by Gasteiger charge is 2.21. The van der Waals surface area contributed by atoms with Crippen LogP contribution in [0, 0.1) is 12.8 Å². The first kappa shape index (κ1) is 13.3. The van der Waals surface area contributed by atoms with E-state index in [9.17, 15) is 0 Å². The Morgan fingerprint density at radius 3 is 2.94 bits per heavy atom. The fraction of sp³-hybridized carbons (Fsp3) is 0.533. The molecule has 1 aliphatic rings. The summed E-state index contributed by atoms with van der Waals surface area (Å²) in [5.41, 5.74) is 9.32. The highest BCUT2D eigenvalue weighted by molar-refractivity contribution is 7.80. The summed E-state index contributed by atoms with van der Waals surface area (Å²) in [7, 11) is 0. The van der Waals surface area contributed by atoms with Gasteiger partial charge in [-0.25, -0.2) is 0 Å². The largest absolute Gasteiger partial charge is 0.389 e. The molecule has 1 saturated heterocycles. The zero-order valence-corrected chi connectivity index (χ0v) is 12.1. The Hall–Kier alpha value is -1.09. The number of aryl methyl sites for hydroxylation is 1. The fourth-order valence-corrected chi connectivity index (χ4v) is 2.90. The van der Waals surface area contributed by atoms with Crippen LogP contribution in [0.2, 0.25) is 0 Å². The fourth-order valence-electron chi connectivity index (χ4n) is 2.74. The van der Waals surface area contributed by atoms with Gasteiger partial charge in [-0.05, 0) is 37.8 Å². The van der Waals surface area contributed by atoms with Crippen molar-refractivity contribution in [3.05, 3.63) is 29.3 Å². The highest BCUT2D eigenvalue weighted by Crippen LogP contribution is 2.28. The van der Waals surface area contributed by atoms with Gasteiger partial charge in [0.15, 0.2) is 0 Å². The average molecular weight is 262 g/mol. The Labute approximate surface area is 115 Å². The molecule has 1 aliphatic heterocycles. The van der Waals surface area contributed by atoms with Crippen LogP contribution in [0.25, 0.3) is 0 Å². The van der Waals surface area contributed by atoms with Gasteiger partial charge in [-0.2, -0.15) is 0 Å². The van der Waals surface area contributed by atoms with Crippen molar-refractivity contribution in [3.8, 4) is 0 Å². The molecule has 2 rings (SSSR count). The SMILES string of the molecule is CCC1CCCN(c2ccc(C)cc2C(N)=S)C1. The molecular weight excluding hydrogens is 240 g/mol. The second-order valence-electron chi connectivity index (χ2n) is 5.25. The molecule has 1 unspecified atom stereocenters. The second kappa shape index (κ2) is 5.70. The van der Waals surface area contributed by atoms with E-state index in [-0.39, 0.29) is 0 Å². The first-order valence-electron chi connectivity index (χ1n) is 6.77. The minimum Gasteiger partial charge on any atom is -0.389 e. The van der Waals surface area contributed by atoms with Crippen molar-refractivity contribution in [2.75, 3.05) is 18.0 Å². The monoisotopic (exact) mass is 262 g/mol. The van der Waals surface area contributed by atoms with Crippen molar-refractivity contribution in [2.45, 2.75) is 33.1 Å². The number of hydrogen-bond acceptors (Lipinski definition) is 2. The van der Waals surface area contributed by atoms with Gasteiger partial charge in [0.2, 0.25) is 0 Å². The maximum atomic E-state index is 5.86. The van der Waals surface area contributed by atoms with Crippen molar-refractivity contribution in [1.82, 2.24) is 0 Å². The van der Waals surface area contributed by atoms with Gasteiger partial charge in [-0.15, -0.1) is 0 Å². The Morgan fingerprint density at radius 2 is 2.28 bits per heavy atom. The molecule has 1 atom stereocenters. The molecule has 1 aromatic carbocycles. The smallest absolute Gasteiger partial charge is 0.106 e. The number of hydrogen-bond donors (Lipinski definition) is 1. The number of nitrogens with two attached hydrogens (primary N) is 1. The number of nitrogens with zero attached hydrogens (tertiary/aromatic N) is 1. The summed E-state index contributed by atoms with van der Waals surface area (Å²) in [5, 5.41) is 0. The zero-order valence-electron chi connectivity index (χ0n) is 11.3. The number of thiocarbonyl (C=S) groups is 1. The molecule has 0 aromatic heterocycles. The van der Waals surface area contributed by atoms with E-state index in [4.69, 9.17) is 18.0 Å². The van der Waals surface area contributed by atoms with Crippen LogP contribution in [-0.4, -0.2) is 18.1 Å². The van der Waals surface area contributed by atoms with Crippen LogP contribution < -0.4 is 10.6 Å². The van der Waals surface area contributed by atoms with Gasteiger partial charge in [0.25, 0.3) is 0 Å². The molecule has 0 bridgehead atoms. The maximum Gasteiger partial charge on any atom is 0.106 e. The number of benzene rings is 1. The predicted octanol–water partition coefficient (Wildman–Crippen LogP) is 3.26. The summed E-state index contributed by atoms with van der Waals surface area (Å²) in [5.74, 6) is 0.805. The van der Waals surface area contributed by atoms with Crippen LogP contribution >= 0.6 is 12.2 Å². The molecule has 0 spiro atoms. The third kappa shape index (κ3) is 2.83. The summed E-state index contributed by atoms with van der Waals surface area (Å²) >= 11 is 5.19. The van der Waals surface area contributed by atoms with Crippen molar-refractivity contribution in [2.24, 2.45) is 11.7 Å². The van der Waals surface area contributed by atoms with Crippen molar-refractivity contribution in [3.63, 3.8) is 0 Å². The molecule has 0 aliphatic carbocycles. The summed E-state index contributed by atoms with van der Waals surface area (Å²) in [6.07, 6.45) is 3.87. The Balaban J connectivity index is 2.29. The quantitative estimate of drug-likeness (QED) is 0.848. The summed E-state index contributed by atoms with van der Waals surface area (Å²) < 4.78 is 0. The first-order chi connectivity index (χ1) is 8.61. The summed E-state index contributed by atoms with van der Waals surface area (Å²) in [4.78, 5) is 2.96. The van der Waals surface area contributed by atoms with Gasteiger partial charge in [0.1, 0.15) is 4.99 Å². The standard InChI is InChI=1S/C15H22N2S/c1-3-12-5-4-8-17(10-12)14-7-6-11(2)9-13(14)15(16)18/h6-7,9,12H,3-5,8,10H2,1-2H3,(H2,16,18). The van der Waals surface area contributed by atoms with Crippen molar-refractivity contribution >= 4 is 22.9 Å². The average Bonchev–Trinajstić information content (AvgIpc) is 2.38. The normalized spacial score (nSPS) is 19.9. The van der Waals surface area contributed by atoms with Gasteiger partial charge in [-0.1, -0.05) is 37.2 Å². The van der Waals surface area contributed by atoms with E-state index in [0.29, 0.717) is 4.99 Å². The molecule has 98 valence electrons. The van der Waals surface area contributed by atoms with Gasteiger partial charge in [-0.3, -0.25) is 0 Å². The number of piperidine rings is 1. The lowest BCUT2D eigenvalue weighted by molar-refractivity contribution is 0.404. The molecule has 1 aromatic rings. The topological polar surface area (TPSA) is 29.3 Å². The summed E-state index contributed by atoms with van der Waals surface area (Å²) in [6, 6.07) is 6.42. The molecule has 1 heterocycles. The lowest BCUT2D eigenvalue weighted by atomic mass is 9.94. The summed E-state index contributed by atoms with van der Waals surface area (Å²) in [6.45, 7) is 6.61. The van der Waals surface area contributed by atoms with Crippen molar-refractivity contribution < 1.29 is 0 Å². The van der Waals surface area contributed by atoms with Crippen LogP contribution in [0.5, 0.6) is 0 Å². The lowest BCUT2D eigenvalue weighted by Gasteiger charge is -2.35. The van der Waals surface area contributed by atoms with Crippen LogP contribution in [0.1, 0.15) is 37.3 Å².